The number of nitrogens with two attached hydrogens (primary N) is 1. The zero-order chi connectivity index (χ0) is 8.27. The van der Waals surface area contributed by atoms with Gasteiger partial charge >= 0.3 is 7.32 Å². The first-order chi connectivity index (χ1) is 5.18. The Morgan fingerprint density at radius 2 is 2.18 bits per heavy atom. The molecule has 0 fully saturated rings. The van der Waals surface area contributed by atoms with Crippen molar-refractivity contribution in [2.75, 3.05) is 5.73 Å². The third-order valence-electron chi connectivity index (χ3n) is 0.971. The predicted octanol–water partition coefficient (Wildman–Crippen LogP) is -0.988. The maximum Gasteiger partial charge on any atom is 0.708 e. The van der Waals surface area contributed by atoms with Crippen molar-refractivity contribution in [2.24, 2.45) is 0 Å². The van der Waals surface area contributed by atoms with Gasteiger partial charge < -0.3 is 20.4 Å². The van der Waals surface area contributed by atoms with Crippen molar-refractivity contribution < 1.29 is 14.7 Å². The first kappa shape index (κ1) is 7.84. The second-order valence-electron chi connectivity index (χ2n) is 1.84. The molecule has 5 nitrogen and oxygen atoms in total. The fourth-order valence-electron chi connectivity index (χ4n) is 0.604. The smallest absolute Gasteiger partial charge is 0.498 e. The number of hydrogen-bond acceptors (Lipinski definition) is 5. The molecule has 4 N–H and O–H groups in total. The highest BCUT2D eigenvalue weighted by Gasteiger charge is 2.11. The molecule has 0 unspecified atom stereocenters. The van der Waals surface area contributed by atoms with E-state index in [4.69, 9.17) is 15.8 Å². The Morgan fingerprint density at radius 3 is 2.73 bits per heavy atom. The summed E-state index contributed by atoms with van der Waals surface area (Å²) in [7, 11) is -1.86. The molecule has 0 saturated carbocycles. The molecule has 0 atom stereocenters. The molecule has 0 radical (unpaired) electrons. The molecule has 0 spiro atoms. The molecule has 0 aliphatic rings. The molecule has 58 valence electrons. The lowest BCUT2D eigenvalue weighted by Crippen LogP contribution is -2.21. The molecule has 0 amide bonds. The van der Waals surface area contributed by atoms with Gasteiger partial charge in [0.15, 0.2) is 0 Å². The van der Waals surface area contributed by atoms with Crippen molar-refractivity contribution in [1.82, 2.24) is 4.98 Å². The molecule has 0 saturated heterocycles. The van der Waals surface area contributed by atoms with Crippen molar-refractivity contribution in [2.45, 2.75) is 0 Å². The van der Waals surface area contributed by atoms with Crippen molar-refractivity contribution in [3.63, 3.8) is 0 Å². The quantitative estimate of drug-likeness (QED) is 0.476. The first-order valence-electron chi connectivity index (χ1n) is 2.94. The second-order valence-corrected chi connectivity index (χ2v) is 1.84. The number of nitrogens with zero attached hydrogens (tertiary/aromatic N) is 1. The molecule has 1 rings (SSSR count). The summed E-state index contributed by atoms with van der Waals surface area (Å²) in [6.45, 7) is 0. The Morgan fingerprint density at radius 1 is 1.45 bits per heavy atom. The van der Waals surface area contributed by atoms with E-state index < -0.39 is 7.32 Å². The van der Waals surface area contributed by atoms with Gasteiger partial charge in [-0.1, -0.05) is 6.07 Å². The fourth-order valence-corrected chi connectivity index (χ4v) is 0.604. The largest absolute Gasteiger partial charge is 0.708 e. The zero-order valence-electron chi connectivity index (χ0n) is 5.64. The number of aromatic nitrogens is 1. The lowest BCUT2D eigenvalue weighted by atomic mass is 10.3. The minimum atomic E-state index is -1.86. The van der Waals surface area contributed by atoms with E-state index in [9.17, 15) is 0 Å². The minimum absolute atomic E-state index is 0.0833. The van der Waals surface area contributed by atoms with Gasteiger partial charge in [0.1, 0.15) is 5.82 Å². The van der Waals surface area contributed by atoms with Crippen LogP contribution in [0.25, 0.3) is 0 Å². The summed E-state index contributed by atoms with van der Waals surface area (Å²) in [6, 6.07) is 4.63. The fraction of sp³-hybridized carbons (Fsp3) is 0. The minimum Gasteiger partial charge on any atom is -0.498 e. The van der Waals surface area contributed by atoms with Gasteiger partial charge in [0.05, 0.1) is 0 Å². The Labute approximate surface area is 63.6 Å². The highest BCUT2D eigenvalue weighted by molar-refractivity contribution is 6.33. The number of anilines is 1. The van der Waals surface area contributed by atoms with Gasteiger partial charge in [0.2, 0.25) is 5.88 Å². The van der Waals surface area contributed by atoms with Crippen LogP contribution < -0.4 is 10.4 Å². The Balaban J connectivity index is 2.71. The summed E-state index contributed by atoms with van der Waals surface area (Å²) < 4.78 is 4.42. The highest BCUT2D eigenvalue weighted by Crippen LogP contribution is 2.07. The van der Waals surface area contributed by atoms with Crippen LogP contribution in [-0.4, -0.2) is 22.4 Å². The maximum atomic E-state index is 8.35. The van der Waals surface area contributed by atoms with Gasteiger partial charge in [0, 0.05) is 0 Å². The van der Waals surface area contributed by atoms with E-state index in [1.165, 1.54) is 6.07 Å². The standard InChI is InChI=1S/C5H7BN2O3/c7-4-2-1-3-5(8-4)11-6(9)10/h1-3,9-10H,(H2,7,8). The van der Waals surface area contributed by atoms with Crippen LogP contribution in [0.1, 0.15) is 0 Å². The molecule has 1 aromatic heterocycles. The molecule has 6 heteroatoms. The van der Waals surface area contributed by atoms with Gasteiger partial charge in [-0.15, -0.1) is 0 Å². The Kier molecular flexibility index (Phi) is 2.30. The molecular formula is C5H7BN2O3. The van der Waals surface area contributed by atoms with Crippen LogP contribution in [0.15, 0.2) is 18.2 Å². The third kappa shape index (κ3) is 2.44. The van der Waals surface area contributed by atoms with Gasteiger partial charge in [-0.25, -0.2) is 0 Å². The van der Waals surface area contributed by atoms with Crippen LogP contribution in [0.2, 0.25) is 0 Å². The average molecular weight is 154 g/mol. The third-order valence-corrected chi connectivity index (χ3v) is 0.971. The lowest BCUT2D eigenvalue weighted by molar-refractivity contribution is 0.283. The van der Waals surface area contributed by atoms with E-state index in [0.29, 0.717) is 0 Å². The first-order valence-corrected chi connectivity index (χ1v) is 2.94. The van der Waals surface area contributed by atoms with Crippen LogP contribution in [0.4, 0.5) is 5.82 Å². The highest BCUT2D eigenvalue weighted by atomic mass is 16.6. The van der Waals surface area contributed by atoms with Gasteiger partial charge in [0.25, 0.3) is 0 Å². The van der Waals surface area contributed by atoms with Crippen LogP contribution in [0, 0.1) is 0 Å². The van der Waals surface area contributed by atoms with Crippen molar-refractivity contribution in [3.05, 3.63) is 18.2 Å². The normalized spacial score (nSPS) is 9.27. The number of rotatable bonds is 2. The summed E-state index contributed by atoms with van der Waals surface area (Å²) in [5.74, 6) is 0.350. The van der Waals surface area contributed by atoms with Gasteiger partial charge in [-0.05, 0) is 12.1 Å². The lowest BCUT2D eigenvalue weighted by Gasteiger charge is -2.02. The summed E-state index contributed by atoms with van der Waals surface area (Å²) in [6.07, 6.45) is 0. The van der Waals surface area contributed by atoms with Gasteiger partial charge in [-0.3, -0.25) is 0 Å². The van der Waals surface area contributed by atoms with Gasteiger partial charge in [-0.2, -0.15) is 4.98 Å². The maximum absolute atomic E-state index is 8.35. The molecule has 11 heavy (non-hydrogen) atoms. The zero-order valence-corrected chi connectivity index (χ0v) is 5.64. The topological polar surface area (TPSA) is 88.6 Å². The summed E-state index contributed by atoms with van der Waals surface area (Å²) >= 11 is 0. The van der Waals surface area contributed by atoms with Crippen molar-refractivity contribution >= 4 is 13.1 Å². The number of hydrogen-bond donors (Lipinski definition) is 3. The van der Waals surface area contributed by atoms with Crippen molar-refractivity contribution in [3.8, 4) is 5.88 Å². The number of nitrogen functional groups attached to an aromatic ring is 1. The van der Waals surface area contributed by atoms with Crippen LogP contribution >= 0.6 is 0 Å². The second kappa shape index (κ2) is 3.22. The molecule has 0 bridgehead atoms. The van der Waals surface area contributed by atoms with E-state index >= 15 is 0 Å². The monoisotopic (exact) mass is 154 g/mol. The molecule has 0 aromatic carbocycles. The van der Waals surface area contributed by atoms with Crippen molar-refractivity contribution in [1.29, 1.82) is 0 Å². The van der Waals surface area contributed by atoms with Crippen LogP contribution in [0.5, 0.6) is 5.88 Å². The average Bonchev–Trinajstić information content (AvgIpc) is 1.85. The predicted molar refractivity (Wildman–Crippen MR) is 39.5 cm³/mol. The van der Waals surface area contributed by atoms with Crippen LogP contribution in [0.3, 0.4) is 0 Å². The van der Waals surface area contributed by atoms with E-state index in [1.54, 1.807) is 12.1 Å². The van der Waals surface area contributed by atoms with Crippen LogP contribution in [-0.2, 0) is 0 Å². The van der Waals surface area contributed by atoms with E-state index in [-0.39, 0.29) is 11.7 Å². The summed E-state index contributed by atoms with van der Waals surface area (Å²) in [5, 5.41) is 16.7. The molecule has 1 aromatic rings. The van der Waals surface area contributed by atoms with E-state index in [0.717, 1.165) is 0 Å². The Hall–Kier alpha value is -1.27. The SMILES string of the molecule is Nc1cccc(OB(O)O)n1. The molecular weight excluding hydrogens is 147 g/mol. The summed E-state index contributed by atoms with van der Waals surface area (Å²) in [4.78, 5) is 3.65. The van der Waals surface area contributed by atoms with E-state index in [1.807, 2.05) is 0 Å². The molecule has 1 heterocycles. The Bertz CT molecular complexity index is 243. The molecule has 0 aliphatic carbocycles. The van der Waals surface area contributed by atoms with E-state index in [2.05, 4.69) is 9.64 Å². The summed E-state index contributed by atoms with van der Waals surface area (Å²) in [5.41, 5.74) is 5.28. The molecule has 0 aliphatic heterocycles. The number of pyridine rings is 1.